The monoisotopic (exact) mass is 318 g/mol. The quantitative estimate of drug-likeness (QED) is 0.299. The summed E-state index contributed by atoms with van der Waals surface area (Å²) in [7, 11) is 0. The highest BCUT2D eigenvalue weighted by atomic mass is 16.5. The summed E-state index contributed by atoms with van der Waals surface area (Å²) in [4.78, 5) is 4.69. The number of piperidine rings is 1. The van der Waals surface area contributed by atoms with E-state index in [9.17, 15) is 5.11 Å². The smallest absolute Gasteiger partial charge is 0.151 e. The first-order valence-electron chi connectivity index (χ1n) is 8.71. The van der Waals surface area contributed by atoms with Crippen LogP contribution < -0.4 is 0 Å². The maximum Gasteiger partial charge on any atom is 0.151 e. The van der Waals surface area contributed by atoms with Gasteiger partial charge in [-0.3, -0.25) is 4.90 Å². The predicted octanol–water partition coefficient (Wildman–Crippen LogP) is -0.00140. The molecule has 132 valence electrons. The van der Waals surface area contributed by atoms with Crippen LogP contribution in [0, 0.1) is 0 Å². The van der Waals surface area contributed by atoms with Gasteiger partial charge in [0, 0.05) is 19.6 Å². The summed E-state index contributed by atoms with van der Waals surface area (Å²) in [6, 6.07) is 0. The van der Waals surface area contributed by atoms with Crippen LogP contribution in [0.3, 0.4) is 0 Å². The third kappa shape index (κ3) is 9.71. The van der Waals surface area contributed by atoms with Gasteiger partial charge in [0.25, 0.3) is 0 Å². The summed E-state index contributed by atoms with van der Waals surface area (Å²) in [5, 5.41) is 36.3. The predicted molar refractivity (Wildman–Crippen MR) is 86.5 cm³/mol. The zero-order chi connectivity index (χ0) is 16.2. The second-order valence-electron chi connectivity index (χ2n) is 6.37. The summed E-state index contributed by atoms with van der Waals surface area (Å²) >= 11 is 0. The van der Waals surface area contributed by atoms with Crippen LogP contribution in [0.15, 0.2) is 0 Å². The number of aliphatic hydroxyl groups is 4. The molecule has 1 heterocycles. The standard InChI is InChI=1S/C16H34N2O4/c19-14-15(20)13-18(10-4-1-3-7-16(21)22)12-11-17-8-5-2-6-9-17/h15-16,19-22H,1-14H2. The Bertz CT molecular complexity index is 261. The van der Waals surface area contributed by atoms with Crippen molar-refractivity contribution in [3.63, 3.8) is 0 Å². The van der Waals surface area contributed by atoms with Crippen molar-refractivity contribution >= 4 is 0 Å². The van der Waals surface area contributed by atoms with Gasteiger partial charge >= 0.3 is 0 Å². The van der Waals surface area contributed by atoms with E-state index in [4.69, 9.17) is 15.3 Å². The van der Waals surface area contributed by atoms with Crippen molar-refractivity contribution in [2.45, 2.75) is 57.3 Å². The molecule has 0 aromatic heterocycles. The molecule has 0 aromatic rings. The van der Waals surface area contributed by atoms with Crippen molar-refractivity contribution in [1.82, 2.24) is 9.80 Å². The van der Waals surface area contributed by atoms with Gasteiger partial charge in [-0.2, -0.15) is 0 Å². The Hall–Kier alpha value is -0.240. The molecule has 1 atom stereocenters. The molecule has 1 unspecified atom stereocenters. The van der Waals surface area contributed by atoms with Crippen LogP contribution >= 0.6 is 0 Å². The Balaban J connectivity index is 2.22. The SMILES string of the molecule is OCC(O)CN(CCCCCC(O)O)CCN1CCCCC1. The molecule has 0 aromatic carbocycles. The number of nitrogens with zero attached hydrogens (tertiary/aromatic N) is 2. The van der Waals surface area contributed by atoms with Crippen LogP contribution in [-0.4, -0.2) is 88.5 Å². The third-order valence-corrected chi connectivity index (χ3v) is 4.30. The van der Waals surface area contributed by atoms with Crippen LogP contribution in [0.1, 0.15) is 44.9 Å². The highest BCUT2D eigenvalue weighted by Gasteiger charge is 2.14. The molecule has 1 aliphatic heterocycles. The average molecular weight is 318 g/mol. The van der Waals surface area contributed by atoms with Crippen molar-refractivity contribution in [3.8, 4) is 0 Å². The Labute approximate surface area is 134 Å². The van der Waals surface area contributed by atoms with E-state index >= 15 is 0 Å². The molecule has 4 N–H and O–H groups in total. The molecule has 0 amide bonds. The van der Waals surface area contributed by atoms with Crippen molar-refractivity contribution in [1.29, 1.82) is 0 Å². The van der Waals surface area contributed by atoms with Gasteiger partial charge in [-0.1, -0.05) is 12.8 Å². The lowest BCUT2D eigenvalue weighted by atomic mass is 10.1. The minimum Gasteiger partial charge on any atom is -0.394 e. The maximum absolute atomic E-state index is 9.67. The van der Waals surface area contributed by atoms with Gasteiger partial charge in [0.1, 0.15) is 0 Å². The zero-order valence-corrected chi connectivity index (χ0v) is 13.7. The molecule has 6 nitrogen and oxygen atoms in total. The van der Waals surface area contributed by atoms with Crippen molar-refractivity contribution in [2.75, 3.05) is 45.9 Å². The average Bonchev–Trinajstić information content (AvgIpc) is 2.52. The summed E-state index contributed by atoms with van der Waals surface area (Å²) in [6.45, 7) is 5.47. The van der Waals surface area contributed by atoms with Crippen LogP contribution in [0.4, 0.5) is 0 Å². The van der Waals surface area contributed by atoms with Gasteiger partial charge < -0.3 is 25.3 Å². The molecule has 1 saturated heterocycles. The molecule has 22 heavy (non-hydrogen) atoms. The second kappa shape index (κ2) is 12.2. The fraction of sp³-hybridized carbons (Fsp3) is 1.00. The topological polar surface area (TPSA) is 87.4 Å². The van der Waals surface area contributed by atoms with Gasteiger partial charge in [0.15, 0.2) is 6.29 Å². The highest BCUT2D eigenvalue weighted by molar-refractivity contribution is 4.70. The highest BCUT2D eigenvalue weighted by Crippen LogP contribution is 2.09. The van der Waals surface area contributed by atoms with E-state index in [1.807, 2.05) is 0 Å². The van der Waals surface area contributed by atoms with Crippen LogP contribution in [-0.2, 0) is 0 Å². The third-order valence-electron chi connectivity index (χ3n) is 4.30. The summed E-state index contributed by atoms with van der Waals surface area (Å²) in [5.74, 6) is 0. The first-order chi connectivity index (χ1) is 10.6. The van der Waals surface area contributed by atoms with Crippen molar-refractivity contribution in [2.24, 2.45) is 0 Å². The Morgan fingerprint density at radius 2 is 1.64 bits per heavy atom. The molecule has 0 saturated carbocycles. The number of likely N-dealkylation sites (tertiary alicyclic amines) is 1. The Morgan fingerprint density at radius 1 is 0.909 bits per heavy atom. The van der Waals surface area contributed by atoms with Gasteiger partial charge in [0.05, 0.1) is 12.7 Å². The lowest BCUT2D eigenvalue weighted by molar-refractivity contribution is -0.0466. The first kappa shape index (κ1) is 19.8. The van der Waals surface area contributed by atoms with Crippen molar-refractivity contribution < 1.29 is 20.4 Å². The van der Waals surface area contributed by atoms with Crippen LogP contribution in [0.25, 0.3) is 0 Å². The number of unbranched alkanes of at least 4 members (excludes halogenated alkanes) is 2. The molecular formula is C16H34N2O4. The second-order valence-corrected chi connectivity index (χ2v) is 6.37. The maximum atomic E-state index is 9.67. The number of hydrogen-bond donors (Lipinski definition) is 4. The minimum atomic E-state index is -1.20. The summed E-state index contributed by atoms with van der Waals surface area (Å²) in [6.07, 6.45) is 5.17. The van der Waals surface area contributed by atoms with E-state index in [0.717, 1.165) is 38.9 Å². The molecule has 1 rings (SSSR count). The van der Waals surface area contributed by atoms with Crippen LogP contribution in [0.5, 0.6) is 0 Å². The first-order valence-corrected chi connectivity index (χ1v) is 8.71. The molecule has 0 aliphatic carbocycles. The summed E-state index contributed by atoms with van der Waals surface area (Å²) < 4.78 is 0. The van der Waals surface area contributed by atoms with E-state index < -0.39 is 12.4 Å². The van der Waals surface area contributed by atoms with Crippen molar-refractivity contribution in [3.05, 3.63) is 0 Å². The molecule has 1 aliphatic rings. The van der Waals surface area contributed by atoms with Gasteiger partial charge in [-0.05, 0) is 51.7 Å². The Morgan fingerprint density at radius 3 is 2.27 bits per heavy atom. The number of aliphatic hydroxyl groups excluding tert-OH is 3. The van der Waals surface area contributed by atoms with Gasteiger partial charge in [-0.25, -0.2) is 0 Å². The molecule has 1 fully saturated rings. The number of rotatable bonds is 12. The van der Waals surface area contributed by atoms with E-state index in [1.165, 1.54) is 32.4 Å². The lowest BCUT2D eigenvalue weighted by Gasteiger charge is -2.30. The van der Waals surface area contributed by atoms with Crippen LogP contribution in [0.2, 0.25) is 0 Å². The fourth-order valence-corrected chi connectivity index (χ4v) is 2.96. The van der Waals surface area contributed by atoms with E-state index in [-0.39, 0.29) is 6.61 Å². The molecule has 0 spiro atoms. The lowest BCUT2D eigenvalue weighted by Crippen LogP contribution is -2.41. The Kier molecular flexibility index (Phi) is 11.0. The van der Waals surface area contributed by atoms with Gasteiger partial charge in [-0.15, -0.1) is 0 Å². The fourth-order valence-electron chi connectivity index (χ4n) is 2.96. The molecule has 0 bridgehead atoms. The van der Waals surface area contributed by atoms with E-state index in [0.29, 0.717) is 13.0 Å². The van der Waals surface area contributed by atoms with E-state index in [2.05, 4.69) is 9.80 Å². The summed E-state index contributed by atoms with van der Waals surface area (Å²) in [5.41, 5.74) is 0. The van der Waals surface area contributed by atoms with Gasteiger partial charge in [0.2, 0.25) is 0 Å². The number of hydrogen-bond acceptors (Lipinski definition) is 6. The minimum absolute atomic E-state index is 0.198. The molecular weight excluding hydrogens is 284 g/mol. The molecule has 0 radical (unpaired) electrons. The van der Waals surface area contributed by atoms with E-state index in [1.54, 1.807) is 0 Å². The normalized spacial score (nSPS) is 18.3. The molecule has 6 heteroatoms. The zero-order valence-electron chi connectivity index (χ0n) is 13.7. The largest absolute Gasteiger partial charge is 0.394 e.